The minimum Gasteiger partial charge on any atom is -0.394 e. The molecule has 3 nitrogen and oxygen atoms in total. The molecule has 1 aliphatic rings. The van der Waals surface area contributed by atoms with Gasteiger partial charge in [-0.2, -0.15) is 0 Å². The topological polar surface area (TPSA) is 52.5 Å². The molecule has 0 heterocycles. The zero-order valence-electron chi connectivity index (χ0n) is 10.9. The second kappa shape index (κ2) is 5.99. The van der Waals surface area contributed by atoms with Crippen molar-refractivity contribution in [2.75, 3.05) is 13.2 Å². The zero-order valence-corrected chi connectivity index (χ0v) is 10.9. The van der Waals surface area contributed by atoms with E-state index in [0.717, 1.165) is 31.1 Å². The molecule has 0 spiro atoms. The molecule has 1 saturated carbocycles. The fourth-order valence-electron chi connectivity index (χ4n) is 2.96. The molecule has 0 aromatic rings. The molecule has 0 bridgehead atoms. The van der Waals surface area contributed by atoms with Crippen LogP contribution in [0.2, 0.25) is 0 Å². The highest BCUT2D eigenvalue weighted by Gasteiger charge is 2.32. The van der Waals surface area contributed by atoms with Crippen LogP contribution in [-0.2, 0) is 0 Å². The van der Waals surface area contributed by atoms with Gasteiger partial charge in [-0.3, -0.25) is 0 Å². The van der Waals surface area contributed by atoms with Crippen LogP contribution in [0.3, 0.4) is 0 Å². The Hall–Kier alpha value is -0.120. The smallest absolute Gasteiger partial charge is 0.0647 e. The largest absolute Gasteiger partial charge is 0.394 e. The highest BCUT2D eigenvalue weighted by molar-refractivity contribution is 4.91. The summed E-state index contributed by atoms with van der Waals surface area (Å²) in [5.41, 5.74) is -0.485. The van der Waals surface area contributed by atoms with Crippen molar-refractivity contribution in [1.29, 1.82) is 0 Å². The molecule has 96 valence electrons. The molecule has 3 N–H and O–H groups in total. The predicted octanol–water partition coefficient (Wildman–Crippen LogP) is 1.53. The first-order chi connectivity index (χ1) is 7.55. The third kappa shape index (κ3) is 3.44. The first kappa shape index (κ1) is 13.9. The van der Waals surface area contributed by atoms with Crippen molar-refractivity contribution in [2.24, 2.45) is 11.8 Å². The first-order valence-corrected chi connectivity index (χ1v) is 6.54. The second-order valence-electron chi connectivity index (χ2n) is 5.71. The number of hydrogen-bond donors (Lipinski definition) is 3. The van der Waals surface area contributed by atoms with Gasteiger partial charge in [0.2, 0.25) is 0 Å². The Bertz CT molecular complexity index is 186. The van der Waals surface area contributed by atoms with Crippen molar-refractivity contribution in [1.82, 2.24) is 5.32 Å². The highest BCUT2D eigenvalue weighted by Crippen LogP contribution is 2.29. The molecule has 0 aromatic carbocycles. The Morgan fingerprint density at radius 1 is 1.06 bits per heavy atom. The molecule has 0 aliphatic heterocycles. The molecule has 1 fully saturated rings. The van der Waals surface area contributed by atoms with Crippen LogP contribution in [0.1, 0.15) is 46.5 Å². The van der Waals surface area contributed by atoms with E-state index in [2.05, 4.69) is 19.2 Å². The number of aliphatic hydroxyl groups excluding tert-OH is 2. The molecular weight excluding hydrogens is 202 g/mol. The van der Waals surface area contributed by atoms with E-state index in [4.69, 9.17) is 0 Å². The van der Waals surface area contributed by atoms with Crippen molar-refractivity contribution < 1.29 is 10.2 Å². The first-order valence-electron chi connectivity index (χ1n) is 6.54. The Morgan fingerprint density at radius 2 is 1.56 bits per heavy atom. The maximum absolute atomic E-state index is 9.42. The lowest BCUT2D eigenvalue weighted by Crippen LogP contribution is -2.56. The van der Waals surface area contributed by atoms with Gasteiger partial charge in [0.05, 0.1) is 18.8 Å². The van der Waals surface area contributed by atoms with E-state index >= 15 is 0 Å². The van der Waals surface area contributed by atoms with E-state index in [-0.39, 0.29) is 13.2 Å². The van der Waals surface area contributed by atoms with E-state index in [1.165, 1.54) is 6.42 Å². The summed E-state index contributed by atoms with van der Waals surface area (Å²) in [4.78, 5) is 0. The van der Waals surface area contributed by atoms with Crippen LogP contribution in [-0.4, -0.2) is 35.0 Å². The summed E-state index contributed by atoms with van der Waals surface area (Å²) in [5, 5.41) is 22.3. The van der Waals surface area contributed by atoms with Gasteiger partial charge in [0.1, 0.15) is 0 Å². The van der Waals surface area contributed by atoms with Gasteiger partial charge in [-0.15, -0.1) is 0 Å². The third-order valence-electron chi connectivity index (χ3n) is 3.97. The lowest BCUT2D eigenvalue weighted by Gasteiger charge is -2.39. The van der Waals surface area contributed by atoms with Crippen molar-refractivity contribution in [2.45, 2.75) is 58.0 Å². The van der Waals surface area contributed by atoms with Crippen molar-refractivity contribution in [3.63, 3.8) is 0 Å². The van der Waals surface area contributed by atoms with Crippen LogP contribution in [0.5, 0.6) is 0 Å². The average Bonchev–Trinajstić information content (AvgIpc) is 2.25. The van der Waals surface area contributed by atoms with Crippen molar-refractivity contribution in [3.8, 4) is 0 Å². The normalized spacial score (nSPS) is 31.7. The summed E-state index contributed by atoms with van der Waals surface area (Å²) >= 11 is 0. The lowest BCUT2D eigenvalue weighted by atomic mass is 9.79. The number of nitrogens with one attached hydrogen (secondary N) is 1. The van der Waals surface area contributed by atoms with Gasteiger partial charge < -0.3 is 15.5 Å². The predicted molar refractivity (Wildman–Crippen MR) is 66.3 cm³/mol. The summed E-state index contributed by atoms with van der Waals surface area (Å²) in [7, 11) is 0. The van der Waals surface area contributed by atoms with Crippen LogP contribution in [0, 0.1) is 11.8 Å². The maximum atomic E-state index is 9.42. The van der Waals surface area contributed by atoms with E-state index in [1.54, 1.807) is 0 Å². The number of rotatable bonds is 5. The van der Waals surface area contributed by atoms with Gasteiger partial charge in [0, 0.05) is 6.04 Å². The van der Waals surface area contributed by atoms with Crippen LogP contribution < -0.4 is 5.32 Å². The Kier molecular flexibility index (Phi) is 5.22. The molecule has 2 atom stereocenters. The SMILES string of the molecule is CCC(CO)(CO)NC1CC(C)CC(C)C1. The third-order valence-corrected chi connectivity index (χ3v) is 3.97. The molecule has 1 aliphatic carbocycles. The minimum absolute atomic E-state index is 0.0132. The van der Waals surface area contributed by atoms with Crippen LogP contribution in [0.25, 0.3) is 0 Å². The fraction of sp³-hybridized carbons (Fsp3) is 1.00. The van der Waals surface area contributed by atoms with Crippen LogP contribution in [0.4, 0.5) is 0 Å². The summed E-state index contributed by atoms with van der Waals surface area (Å²) in [6, 6.07) is 0.443. The van der Waals surface area contributed by atoms with Gasteiger partial charge in [-0.25, -0.2) is 0 Å². The summed E-state index contributed by atoms with van der Waals surface area (Å²) < 4.78 is 0. The molecule has 2 unspecified atom stereocenters. The Morgan fingerprint density at radius 3 is 1.94 bits per heavy atom. The molecule has 16 heavy (non-hydrogen) atoms. The van der Waals surface area contributed by atoms with E-state index < -0.39 is 5.54 Å². The summed E-state index contributed by atoms with van der Waals surface area (Å²) in [6.45, 7) is 6.61. The Balaban J connectivity index is 2.57. The van der Waals surface area contributed by atoms with Gasteiger partial charge in [0.15, 0.2) is 0 Å². The molecular formula is C13H27NO2. The average molecular weight is 229 g/mol. The second-order valence-corrected chi connectivity index (χ2v) is 5.71. The molecule has 0 aromatic heterocycles. The molecule has 3 heteroatoms. The number of aliphatic hydroxyl groups is 2. The lowest BCUT2D eigenvalue weighted by molar-refractivity contribution is 0.0643. The number of hydrogen-bond acceptors (Lipinski definition) is 3. The van der Waals surface area contributed by atoms with E-state index in [9.17, 15) is 10.2 Å². The van der Waals surface area contributed by atoms with Gasteiger partial charge in [-0.1, -0.05) is 20.8 Å². The zero-order chi connectivity index (χ0) is 12.2. The summed E-state index contributed by atoms with van der Waals surface area (Å²) in [5.74, 6) is 1.49. The van der Waals surface area contributed by atoms with Gasteiger partial charge in [-0.05, 0) is 37.5 Å². The summed E-state index contributed by atoms with van der Waals surface area (Å²) in [6.07, 6.45) is 4.38. The van der Waals surface area contributed by atoms with Gasteiger partial charge >= 0.3 is 0 Å². The van der Waals surface area contributed by atoms with Crippen molar-refractivity contribution in [3.05, 3.63) is 0 Å². The monoisotopic (exact) mass is 229 g/mol. The highest BCUT2D eigenvalue weighted by atomic mass is 16.3. The molecule has 0 radical (unpaired) electrons. The van der Waals surface area contributed by atoms with Crippen LogP contribution >= 0.6 is 0 Å². The fourth-order valence-corrected chi connectivity index (χ4v) is 2.96. The van der Waals surface area contributed by atoms with Crippen LogP contribution in [0.15, 0.2) is 0 Å². The molecule has 0 saturated heterocycles. The quantitative estimate of drug-likeness (QED) is 0.670. The Labute approximate surface area is 99.3 Å². The standard InChI is InChI=1S/C13H27NO2/c1-4-13(8-15,9-16)14-12-6-10(2)5-11(3)7-12/h10-12,14-16H,4-9H2,1-3H3. The van der Waals surface area contributed by atoms with Crippen molar-refractivity contribution >= 4 is 0 Å². The molecule has 1 rings (SSSR count). The van der Waals surface area contributed by atoms with E-state index in [1.807, 2.05) is 6.92 Å². The van der Waals surface area contributed by atoms with E-state index in [0.29, 0.717) is 6.04 Å². The maximum Gasteiger partial charge on any atom is 0.0647 e. The van der Waals surface area contributed by atoms with Gasteiger partial charge in [0.25, 0.3) is 0 Å². The molecule has 0 amide bonds. The minimum atomic E-state index is -0.485.